The molecule has 0 aromatic rings. The molecule has 1 N–H and O–H groups in total. The molecule has 2 aliphatic heterocycles. The van der Waals surface area contributed by atoms with Gasteiger partial charge in [0.2, 0.25) is 12.2 Å². The number of hydrogen-bond donors (Lipinski definition) is 1. The van der Waals surface area contributed by atoms with E-state index in [4.69, 9.17) is 9.47 Å². The molecule has 12 nitrogen and oxygen atoms in total. The summed E-state index contributed by atoms with van der Waals surface area (Å²) in [5.74, 6) is -3.12. The van der Waals surface area contributed by atoms with Crippen molar-refractivity contribution in [1.82, 2.24) is 10.2 Å². The molecule has 4 atom stereocenters. The van der Waals surface area contributed by atoms with Crippen LogP contribution in [0.4, 0.5) is 4.79 Å². The summed E-state index contributed by atoms with van der Waals surface area (Å²) in [6.07, 6.45) is -1.23. The lowest BCUT2D eigenvalue weighted by Gasteiger charge is -2.43. The molecule has 0 aliphatic carbocycles. The first-order valence-corrected chi connectivity index (χ1v) is 11.4. The first-order chi connectivity index (χ1) is 14.8. The second-order valence-electron chi connectivity index (χ2n) is 7.83. The van der Waals surface area contributed by atoms with E-state index in [0.29, 0.717) is 5.70 Å². The predicted molar refractivity (Wildman–Crippen MR) is 108 cm³/mol. The number of β-lactam (4-membered cyclic amide) rings is 1. The number of allylic oxidation sites excluding steroid dienone is 1. The minimum atomic E-state index is -3.96. The van der Waals surface area contributed by atoms with E-state index < -0.39 is 62.2 Å². The summed E-state index contributed by atoms with van der Waals surface area (Å²) in [4.78, 5) is 49.2. The number of rotatable bonds is 8. The fraction of sp³-hybridized carbons (Fsp3) is 0.684. The van der Waals surface area contributed by atoms with Crippen molar-refractivity contribution >= 4 is 33.8 Å². The molecule has 2 aliphatic rings. The van der Waals surface area contributed by atoms with Crippen molar-refractivity contribution < 1.29 is 46.5 Å². The van der Waals surface area contributed by atoms with Gasteiger partial charge in [0.15, 0.2) is 9.84 Å². The molecule has 2 heterocycles. The number of nitrogens with one attached hydrogen (secondary N) is 1. The van der Waals surface area contributed by atoms with Gasteiger partial charge in [0.1, 0.15) is 11.4 Å². The fourth-order valence-electron chi connectivity index (χ4n) is 3.67. The molecule has 1 amide bonds. The normalized spacial score (nSPS) is 26.3. The van der Waals surface area contributed by atoms with Crippen molar-refractivity contribution in [3.05, 3.63) is 11.8 Å². The van der Waals surface area contributed by atoms with Crippen molar-refractivity contribution in [3.8, 4) is 0 Å². The zero-order valence-electron chi connectivity index (χ0n) is 18.7. The highest BCUT2D eigenvalue weighted by molar-refractivity contribution is 7.93. The van der Waals surface area contributed by atoms with Gasteiger partial charge >= 0.3 is 18.1 Å². The van der Waals surface area contributed by atoms with Gasteiger partial charge in [-0.15, -0.1) is 0 Å². The van der Waals surface area contributed by atoms with Crippen molar-refractivity contribution in [2.45, 2.75) is 57.1 Å². The van der Waals surface area contributed by atoms with Gasteiger partial charge in [0.05, 0.1) is 24.4 Å². The highest BCUT2D eigenvalue weighted by atomic mass is 32.2. The lowest BCUT2D eigenvalue weighted by Crippen LogP contribution is -2.65. The molecule has 0 aromatic carbocycles. The van der Waals surface area contributed by atoms with Gasteiger partial charge in [-0.1, -0.05) is 0 Å². The van der Waals surface area contributed by atoms with Crippen molar-refractivity contribution in [3.63, 3.8) is 0 Å². The van der Waals surface area contributed by atoms with Crippen LogP contribution >= 0.6 is 0 Å². The summed E-state index contributed by atoms with van der Waals surface area (Å²) in [5, 5.41) is 1.59. The van der Waals surface area contributed by atoms with E-state index in [1.54, 1.807) is 13.8 Å². The third-order valence-corrected chi connectivity index (χ3v) is 8.23. The summed E-state index contributed by atoms with van der Waals surface area (Å²) in [5.41, 5.74) is 0.388. The molecule has 2 fully saturated rings. The van der Waals surface area contributed by atoms with Crippen LogP contribution in [0.1, 0.15) is 34.6 Å². The van der Waals surface area contributed by atoms with Gasteiger partial charge in [0.25, 0.3) is 0 Å². The zero-order chi connectivity index (χ0) is 24.4. The fourth-order valence-corrected chi connectivity index (χ4v) is 5.99. The number of esters is 2. The molecule has 0 saturated carbocycles. The maximum Gasteiger partial charge on any atom is 0.511 e. The lowest BCUT2D eigenvalue weighted by molar-refractivity contribution is -0.182. The number of hydrogen-bond acceptors (Lipinski definition) is 11. The topological polar surface area (TPSA) is 155 Å². The lowest BCUT2D eigenvalue weighted by atomic mass is 9.91. The average Bonchev–Trinajstić information content (AvgIpc) is 2.82. The average molecular weight is 477 g/mol. The van der Waals surface area contributed by atoms with E-state index in [-0.39, 0.29) is 13.2 Å². The minimum Gasteiger partial charge on any atom is -0.466 e. The van der Waals surface area contributed by atoms with Crippen LogP contribution in [0.3, 0.4) is 0 Å². The van der Waals surface area contributed by atoms with Crippen LogP contribution in [0.5, 0.6) is 0 Å². The molecule has 0 spiro atoms. The Kier molecular flexibility index (Phi) is 7.43. The molecular weight excluding hydrogens is 448 g/mol. The van der Waals surface area contributed by atoms with Gasteiger partial charge < -0.3 is 29.2 Å². The first kappa shape index (κ1) is 25.4. The summed E-state index contributed by atoms with van der Waals surface area (Å²) in [7, 11) is -2.75. The third-order valence-electron chi connectivity index (χ3n) is 5.34. The van der Waals surface area contributed by atoms with Gasteiger partial charge in [-0.3, -0.25) is 4.79 Å². The maximum atomic E-state index is 13.1. The molecule has 32 heavy (non-hydrogen) atoms. The van der Waals surface area contributed by atoms with Crippen LogP contribution in [0.15, 0.2) is 11.8 Å². The quantitative estimate of drug-likeness (QED) is 0.166. The van der Waals surface area contributed by atoms with Gasteiger partial charge in [-0.25, -0.2) is 22.8 Å². The largest absolute Gasteiger partial charge is 0.511 e. The van der Waals surface area contributed by atoms with Gasteiger partial charge in [-0.2, -0.15) is 0 Å². The summed E-state index contributed by atoms with van der Waals surface area (Å²) < 4.78 is 43.6. The van der Waals surface area contributed by atoms with E-state index in [2.05, 4.69) is 14.8 Å². The summed E-state index contributed by atoms with van der Waals surface area (Å²) in [6.45, 7) is 7.07. The van der Waals surface area contributed by atoms with E-state index in [1.807, 2.05) is 0 Å². The van der Waals surface area contributed by atoms with E-state index in [1.165, 1.54) is 34.0 Å². The van der Waals surface area contributed by atoms with Crippen molar-refractivity contribution in [1.29, 1.82) is 0 Å². The van der Waals surface area contributed by atoms with E-state index in [9.17, 15) is 27.6 Å². The smallest absolute Gasteiger partial charge is 0.466 e. The number of ether oxygens (including phenoxy) is 4. The van der Waals surface area contributed by atoms with Gasteiger partial charge in [-0.05, 0) is 27.7 Å². The standard InChI is InChI=1S/C19H28N2O10S/c1-7-29-18(25)31-11(3)30-17(24)14-19(4,5)32(26,27)16-12(15(23)21(14)16)9-20-10(2)8-13(22)28-6/h8,11-12,14,16,20H,7,9H2,1-6H3/b10-8+/t11?,12-,14-,16+/m0/s1. The van der Waals surface area contributed by atoms with Crippen molar-refractivity contribution in [2.75, 3.05) is 20.3 Å². The second-order valence-corrected chi connectivity index (χ2v) is 10.5. The van der Waals surface area contributed by atoms with Crippen LogP contribution in [-0.2, 0) is 43.2 Å². The Balaban J connectivity index is 2.16. The Morgan fingerprint density at radius 1 is 1.25 bits per heavy atom. The van der Waals surface area contributed by atoms with E-state index >= 15 is 0 Å². The predicted octanol–water partition coefficient (Wildman–Crippen LogP) is 0.0752. The number of amides is 1. The summed E-state index contributed by atoms with van der Waals surface area (Å²) >= 11 is 0. The van der Waals surface area contributed by atoms with Crippen LogP contribution in [-0.4, -0.2) is 80.0 Å². The molecule has 0 aromatic heterocycles. The van der Waals surface area contributed by atoms with Crippen LogP contribution < -0.4 is 5.32 Å². The second kappa shape index (κ2) is 9.35. The first-order valence-electron chi connectivity index (χ1n) is 9.89. The number of sulfone groups is 1. The molecule has 1 unspecified atom stereocenters. The molecule has 180 valence electrons. The number of carbonyl (C=O) groups excluding carboxylic acids is 4. The SMILES string of the molecule is CCOC(=O)OC(C)OC(=O)[C@@H]1N2C(=O)[C@H](CN/C(C)=C/C(=O)OC)[C@H]2S(=O)(=O)C1(C)C. The van der Waals surface area contributed by atoms with Gasteiger partial charge in [0, 0.05) is 25.2 Å². The highest BCUT2D eigenvalue weighted by Crippen LogP contribution is 2.48. The van der Waals surface area contributed by atoms with E-state index in [0.717, 1.165) is 4.90 Å². The Hall–Kier alpha value is -2.83. The molecule has 0 bridgehead atoms. The molecule has 2 saturated heterocycles. The Morgan fingerprint density at radius 3 is 2.44 bits per heavy atom. The third kappa shape index (κ3) is 4.52. The number of nitrogens with zero attached hydrogens (tertiary/aromatic N) is 1. The monoisotopic (exact) mass is 476 g/mol. The number of methoxy groups -OCH3 is 1. The van der Waals surface area contributed by atoms with Crippen LogP contribution in [0.25, 0.3) is 0 Å². The number of fused-ring (bicyclic) bond motifs is 1. The molecule has 2 rings (SSSR count). The van der Waals surface area contributed by atoms with Crippen LogP contribution in [0.2, 0.25) is 0 Å². The number of carbonyl (C=O) groups is 4. The van der Waals surface area contributed by atoms with Crippen molar-refractivity contribution in [2.24, 2.45) is 5.92 Å². The Morgan fingerprint density at radius 2 is 1.88 bits per heavy atom. The minimum absolute atomic E-state index is 0.0566. The molecule has 0 radical (unpaired) electrons. The Bertz CT molecular complexity index is 926. The maximum absolute atomic E-state index is 13.1. The summed E-state index contributed by atoms with van der Waals surface area (Å²) in [6, 6.07) is -1.42. The van der Waals surface area contributed by atoms with Crippen LogP contribution in [0, 0.1) is 5.92 Å². The Labute approximate surface area is 186 Å². The zero-order valence-corrected chi connectivity index (χ0v) is 19.6. The highest BCUT2D eigenvalue weighted by Gasteiger charge is 2.72. The molecule has 13 heteroatoms. The molecular formula is C19H28N2O10S.